The quantitative estimate of drug-likeness (QED) is 0.655. The Labute approximate surface area is 80.4 Å². The minimum Gasteiger partial charge on any atom is -0.381 e. The van der Waals surface area contributed by atoms with Crippen LogP contribution in [-0.4, -0.2) is 26.3 Å². The summed E-state index contributed by atoms with van der Waals surface area (Å²) in [5, 5.41) is 3.37. The molecule has 0 aromatic rings. The van der Waals surface area contributed by atoms with Crippen molar-refractivity contribution in [2.24, 2.45) is 5.92 Å². The van der Waals surface area contributed by atoms with Crippen LogP contribution >= 0.6 is 0 Å². The van der Waals surface area contributed by atoms with Crippen LogP contribution < -0.4 is 5.32 Å². The van der Waals surface area contributed by atoms with Crippen molar-refractivity contribution < 1.29 is 4.74 Å². The summed E-state index contributed by atoms with van der Waals surface area (Å²) in [6.07, 6.45) is 7.52. The summed E-state index contributed by atoms with van der Waals surface area (Å²) in [4.78, 5) is 0. The Morgan fingerprint density at radius 3 is 2.92 bits per heavy atom. The van der Waals surface area contributed by atoms with Gasteiger partial charge in [-0.1, -0.05) is 11.6 Å². The van der Waals surface area contributed by atoms with Gasteiger partial charge in [0.1, 0.15) is 0 Å². The summed E-state index contributed by atoms with van der Waals surface area (Å²) >= 11 is 0. The summed E-state index contributed by atoms with van der Waals surface area (Å²) in [5.41, 5.74) is 1.62. The standard InChI is InChI=1S/C11H19NO/c1(2-11-3-6-12-9-11)10-4-7-13-8-5-10/h2,10,12H,1,3-9H2/b11-2-. The molecule has 0 bridgehead atoms. The van der Waals surface area contributed by atoms with Crippen molar-refractivity contribution in [1.29, 1.82) is 0 Å². The Kier molecular flexibility index (Phi) is 3.39. The van der Waals surface area contributed by atoms with Gasteiger partial charge in [0.05, 0.1) is 0 Å². The van der Waals surface area contributed by atoms with E-state index in [9.17, 15) is 0 Å². The van der Waals surface area contributed by atoms with Crippen molar-refractivity contribution in [3.63, 3.8) is 0 Å². The zero-order chi connectivity index (χ0) is 8.93. The molecule has 0 unspecified atom stereocenters. The highest BCUT2D eigenvalue weighted by atomic mass is 16.5. The van der Waals surface area contributed by atoms with Gasteiger partial charge in [-0.25, -0.2) is 0 Å². The van der Waals surface area contributed by atoms with Crippen LogP contribution in [0.2, 0.25) is 0 Å². The molecule has 2 saturated heterocycles. The molecule has 2 heterocycles. The first-order valence-corrected chi connectivity index (χ1v) is 5.41. The highest BCUT2D eigenvalue weighted by Crippen LogP contribution is 2.20. The lowest BCUT2D eigenvalue weighted by molar-refractivity contribution is 0.0672. The predicted octanol–water partition coefficient (Wildman–Crippen LogP) is 1.72. The van der Waals surface area contributed by atoms with Crippen molar-refractivity contribution in [3.05, 3.63) is 11.6 Å². The summed E-state index contributed by atoms with van der Waals surface area (Å²) in [5.74, 6) is 0.891. The Bertz CT molecular complexity index is 175. The molecule has 0 saturated carbocycles. The first-order valence-electron chi connectivity index (χ1n) is 5.41. The smallest absolute Gasteiger partial charge is 0.0468 e. The zero-order valence-corrected chi connectivity index (χ0v) is 8.22. The van der Waals surface area contributed by atoms with Crippen LogP contribution in [0.25, 0.3) is 0 Å². The van der Waals surface area contributed by atoms with Crippen molar-refractivity contribution >= 4 is 0 Å². The van der Waals surface area contributed by atoms with E-state index >= 15 is 0 Å². The van der Waals surface area contributed by atoms with E-state index in [0.29, 0.717) is 0 Å². The lowest BCUT2D eigenvalue weighted by atomic mass is 9.95. The van der Waals surface area contributed by atoms with Gasteiger partial charge in [-0.2, -0.15) is 0 Å². The maximum absolute atomic E-state index is 5.34. The van der Waals surface area contributed by atoms with Gasteiger partial charge in [0.15, 0.2) is 0 Å². The highest BCUT2D eigenvalue weighted by molar-refractivity contribution is 5.09. The molecule has 2 nitrogen and oxygen atoms in total. The van der Waals surface area contributed by atoms with Crippen LogP contribution in [0.15, 0.2) is 11.6 Å². The second-order valence-electron chi connectivity index (χ2n) is 4.08. The third kappa shape index (κ3) is 2.82. The maximum Gasteiger partial charge on any atom is 0.0468 e. The normalized spacial score (nSPS) is 28.5. The molecule has 0 aromatic heterocycles. The fourth-order valence-electron chi connectivity index (χ4n) is 2.08. The summed E-state index contributed by atoms with van der Waals surface area (Å²) in [7, 11) is 0. The number of hydrogen-bond acceptors (Lipinski definition) is 2. The molecule has 0 aliphatic carbocycles. The zero-order valence-electron chi connectivity index (χ0n) is 8.22. The summed E-state index contributed by atoms with van der Waals surface area (Å²) < 4.78 is 5.34. The molecule has 0 radical (unpaired) electrons. The molecule has 2 rings (SSSR count). The molecule has 74 valence electrons. The lowest BCUT2D eigenvalue weighted by Gasteiger charge is -2.20. The average molecular weight is 181 g/mol. The van der Waals surface area contributed by atoms with Crippen molar-refractivity contribution in [2.75, 3.05) is 26.3 Å². The Morgan fingerprint density at radius 1 is 1.38 bits per heavy atom. The Morgan fingerprint density at radius 2 is 2.23 bits per heavy atom. The molecule has 2 aliphatic heterocycles. The van der Waals surface area contributed by atoms with E-state index in [1.54, 1.807) is 5.57 Å². The minimum atomic E-state index is 0.891. The van der Waals surface area contributed by atoms with E-state index < -0.39 is 0 Å². The summed E-state index contributed by atoms with van der Waals surface area (Å²) in [6.45, 7) is 4.26. The van der Waals surface area contributed by atoms with E-state index in [4.69, 9.17) is 4.74 Å². The van der Waals surface area contributed by atoms with Crippen LogP contribution in [0.1, 0.15) is 25.7 Å². The van der Waals surface area contributed by atoms with Crippen LogP contribution in [0, 0.1) is 5.92 Å². The first-order chi connectivity index (χ1) is 6.45. The number of rotatable bonds is 2. The van der Waals surface area contributed by atoms with E-state index in [0.717, 1.165) is 25.7 Å². The lowest BCUT2D eigenvalue weighted by Crippen LogP contribution is -2.15. The van der Waals surface area contributed by atoms with E-state index in [1.165, 1.54) is 32.2 Å². The number of ether oxygens (including phenoxy) is 1. The molecule has 0 aromatic carbocycles. The van der Waals surface area contributed by atoms with Crippen LogP contribution in [0.3, 0.4) is 0 Å². The third-order valence-electron chi connectivity index (χ3n) is 3.06. The third-order valence-corrected chi connectivity index (χ3v) is 3.06. The second-order valence-corrected chi connectivity index (χ2v) is 4.08. The van der Waals surface area contributed by atoms with Crippen molar-refractivity contribution in [3.8, 4) is 0 Å². The monoisotopic (exact) mass is 181 g/mol. The van der Waals surface area contributed by atoms with Gasteiger partial charge in [0.2, 0.25) is 0 Å². The van der Waals surface area contributed by atoms with Gasteiger partial charge in [-0.05, 0) is 38.1 Å². The largest absolute Gasteiger partial charge is 0.381 e. The molecule has 13 heavy (non-hydrogen) atoms. The van der Waals surface area contributed by atoms with Gasteiger partial charge in [-0.15, -0.1) is 0 Å². The van der Waals surface area contributed by atoms with Crippen molar-refractivity contribution in [1.82, 2.24) is 5.32 Å². The number of nitrogens with one attached hydrogen (secondary N) is 1. The first kappa shape index (κ1) is 9.22. The van der Waals surface area contributed by atoms with E-state index in [1.807, 2.05) is 0 Å². The molecular weight excluding hydrogens is 162 g/mol. The number of hydrogen-bond donors (Lipinski definition) is 1. The van der Waals surface area contributed by atoms with Crippen molar-refractivity contribution in [2.45, 2.75) is 25.7 Å². The topological polar surface area (TPSA) is 21.3 Å². The fourth-order valence-corrected chi connectivity index (χ4v) is 2.08. The Balaban J connectivity index is 1.73. The van der Waals surface area contributed by atoms with E-state index in [-0.39, 0.29) is 0 Å². The molecule has 0 atom stereocenters. The molecular formula is C11H19NO. The fraction of sp³-hybridized carbons (Fsp3) is 0.818. The highest BCUT2D eigenvalue weighted by Gasteiger charge is 2.13. The van der Waals surface area contributed by atoms with E-state index in [2.05, 4.69) is 11.4 Å². The molecule has 2 heteroatoms. The SMILES string of the molecule is C(/CC1CCOCC1)=C1\CCNC1. The molecule has 1 N–H and O–H groups in total. The van der Waals surface area contributed by atoms with Gasteiger partial charge < -0.3 is 10.1 Å². The molecule has 2 aliphatic rings. The minimum absolute atomic E-state index is 0.891. The maximum atomic E-state index is 5.34. The second kappa shape index (κ2) is 4.77. The van der Waals surface area contributed by atoms with Gasteiger partial charge in [0, 0.05) is 19.8 Å². The van der Waals surface area contributed by atoms with Gasteiger partial charge >= 0.3 is 0 Å². The van der Waals surface area contributed by atoms with Gasteiger partial charge in [0.25, 0.3) is 0 Å². The van der Waals surface area contributed by atoms with Crippen LogP contribution in [0.4, 0.5) is 0 Å². The number of allylic oxidation sites excluding steroid dienone is 1. The predicted molar refractivity (Wildman–Crippen MR) is 53.7 cm³/mol. The average Bonchev–Trinajstić information content (AvgIpc) is 2.69. The van der Waals surface area contributed by atoms with Gasteiger partial charge in [-0.3, -0.25) is 0 Å². The van der Waals surface area contributed by atoms with Crippen LogP contribution in [0.5, 0.6) is 0 Å². The molecule has 0 spiro atoms. The van der Waals surface area contributed by atoms with Crippen LogP contribution in [-0.2, 0) is 4.74 Å². The Hall–Kier alpha value is -0.340. The molecule has 2 fully saturated rings. The molecule has 0 amide bonds. The summed E-state index contributed by atoms with van der Waals surface area (Å²) in [6, 6.07) is 0.